The highest BCUT2D eigenvalue weighted by Crippen LogP contribution is 2.33. The molecule has 1 aliphatic heterocycles. The molecule has 0 spiro atoms. The molecule has 2 N–H and O–H groups in total. The van der Waals surface area contributed by atoms with Gasteiger partial charge in [0.1, 0.15) is 12.2 Å². The van der Waals surface area contributed by atoms with Crippen LogP contribution in [-0.4, -0.2) is 56.9 Å². The van der Waals surface area contributed by atoms with Gasteiger partial charge in [0.15, 0.2) is 0 Å². The Morgan fingerprint density at radius 2 is 1.15 bits per heavy atom. The van der Waals surface area contributed by atoms with Gasteiger partial charge in [0.25, 0.3) is 0 Å². The number of aliphatic hydroxyl groups excluding tert-OH is 2. The molecule has 4 atom stereocenters. The van der Waals surface area contributed by atoms with Crippen LogP contribution >= 0.6 is 0 Å². The summed E-state index contributed by atoms with van der Waals surface area (Å²) in [7, 11) is 0. The molecule has 2 aliphatic rings. The van der Waals surface area contributed by atoms with Crippen LogP contribution < -0.4 is 0 Å². The lowest BCUT2D eigenvalue weighted by Gasteiger charge is -2.37. The van der Waals surface area contributed by atoms with Gasteiger partial charge < -0.3 is 20.0 Å². The van der Waals surface area contributed by atoms with Crippen molar-refractivity contribution in [3.05, 3.63) is 120 Å². The first-order valence-corrected chi connectivity index (χ1v) is 15.1. The van der Waals surface area contributed by atoms with Gasteiger partial charge in [-0.3, -0.25) is 0 Å². The highest BCUT2D eigenvalue weighted by Gasteiger charge is 2.46. The standard InChI is InChI=1S/C36H40N2O3/c39-34-32(22-26-11-3-1-4-12-26)37(24-28-15-7-8-16-28)36(41)38(33(35(34)40)23-27-13-5-2-6-14-27)25-29-19-20-30-17-9-10-18-31(30)21-29/h1-6,9-14,17-21,28,32-35,39-40H,7-8,15-16,22-25H2/t32-,33-,34+,35+/m1/s1. The van der Waals surface area contributed by atoms with Crippen LogP contribution in [0, 0.1) is 5.92 Å². The van der Waals surface area contributed by atoms with Crippen LogP contribution in [0.15, 0.2) is 103 Å². The minimum Gasteiger partial charge on any atom is -0.388 e. The molecule has 6 rings (SSSR count). The summed E-state index contributed by atoms with van der Waals surface area (Å²) in [5.74, 6) is 0.412. The van der Waals surface area contributed by atoms with Crippen molar-refractivity contribution in [2.75, 3.05) is 6.54 Å². The average Bonchev–Trinajstić information content (AvgIpc) is 3.52. The predicted molar refractivity (Wildman–Crippen MR) is 163 cm³/mol. The maximum absolute atomic E-state index is 14.7. The Hall–Kier alpha value is -3.67. The number of amides is 2. The van der Waals surface area contributed by atoms with Crippen LogP contribution in [0.25, 0.3) is 10.8 Å². The number of aliphatic hydroxyl groups is 2. The first-order valence-electron chi connectivity index (χ1n) is 15.1. The number of benzene rings is 4. The van der Waals surface area contributed by atoms with Crippen LogP contribution in [0.4, 0.5) is 4.79 Å². The molecule has 4 aromatic carbocycles. The Morgan fingerprint density at radius 1 is 0.610 bits per heavy atom. The van der Waals surface area contributed by atoms with E-state index in [0.29, 0.717) is 31.8 Å². The molecule has 0 aromatic heterocycles. The summed E-state index contributed by atoms with van der Waals surface area (Å²) in [4.78, 5) is 18.5. The van der Waals surface area contributed by atoms with Crippen molar-refractivity contribution in [2.24, 2.45) is 5.92 Å². The van der Waals surface area contributed by atoms with Crippen LogP contribution in [-0.2, 0) is 19.4 Å². The second-order valence-electron chi connectivity index (χ2n) is 11.9. The van der Waals surface area contributed by atoms with Crippen LogP contribution in [0.3, 0.4) is 0 Å². The topological polar surface area (TPSA) is 64.0 Å². The van der Waals surface area contributed by atoms with E-state index >= 15 is 0 Å². The zero-order chi connectivity index (χ0) is 28.2. The molecular weight excluding hydrogens is 508 g/mol. The smallest absolute Gasteiger partial charge is 0.321 e. The number of rotatable bonds is 8. The quantitative estimate of drug-likeness (QED) is 0.275. The molecular formula is C36H40N2O3. The van der Waals surface area contributed by atoms with Gasteiger partial charge in [-0.15, -0.1) is 0 Å². The number of carbonyl (C=O) groups excluding carboxylic acids is 1. The highest BCUT2D eigenvalue weighted by atomic mass is 16.3. The van der Waals surface area contributed by atoms with Crippen LogP contribution in [0.2, 0.25) is 0 Å². The van der Waals surface area contributed by atoms with Crippen molar-refractivity contribution in [1.82, 2.24) is 9.80 Å². The van der Waals surface area contributed by atoms with E-state index < -0.39 is 24.3 Å². The zero-order valence-electron chi connectivity index (χ0n) is 23.6. The first kappa shape index (κ1) is 27.5. The number of nitrogens with zero attached hydrogens (tertiary/aromatic N) is 2. The molecule has 1 saturated heterocycles. The molecule has 212 valence electrons. The largest absolute Gasteiger partial charge is 0.388 e. The fourth-order valence-electron chi connectivity index (χ4n) is 6.85. The van der Waals surface area contributed by atoms with Gasteiger partial charge in [-0.25, -0.2) is 4.79 Å². The Morgan fingerprint density at radius 3 is 1.76 bits per heavy atom. The molecule has 1 aliphatic carbocycles. The predicted octanol–water partition coefficient (Wildman–Crippen LogP) is 6.21. The second kappa shape index (κ2) is 12.5. The number of hydrogen-bond acceptors (Lipinski definition) is 3. The van der Waals surface area contributed by atoms with E-state index in [0.717, 1.165) is 40.3 Å². The molecule has 2 fully saturated rings. The van der Waals surface area contributed by atoms with Crippen molar-refractivity contribution < 1.29 is 15.0 Å². The summed E-state index contributed by atoms with van der Waals surface area (Å²) in [6, 6.07) is 33.4. The molecule has 2 amide bonds. The summed E-state index contributed by atoms with van der Waals surface area (Å²) in [5, 5.41) is 26.0. The lowest BCUT2D eigenvalue weighted by molar-refractivity contribution is -0.0411. The van der Waals surface area contributed by atoms with E-state index in [9.17, 15) is 15.0 Å². The fraction of sp³-hybridized carbons (Fsp3) is 0.361. The average molecular weight is 549 g/mol. The van der Waals surface area contributed by atoms with Gasteiger partial charge in [0.2, 0.25) is 0 Å². The van der Waals surface area contributed by atoms with Crippen molar-refractivity contribution >= 4 is 16.8 Å². The number of hydrogen-bond donors (Lipinski definition) is 2. The molecule has 0 radical (unpaired) electrons. The van der Waals surface area contributed by atoms with Crippen molar-refractivity contribution in [3.8, 4) is 0 Å². The first-order chi connectivity index (χ1) is 20.1. The Bertz CT molecular complexity index is 1440. The summed E-state index contributed by atoms with van der Waals surface area (Å²) in [5.41, 5.74) is 3.10. The van der Waals surface area contributed by atoms with E-state index in [1.807, 2.05) is 82.6 Å². The third kappa shape index (κ3) is 6.17. The van der Waals surface area contributed by atoms with E-state index in [2.05, 4.69) is 30.3 Å². The molecule has 1 heterocycles. The zero-order valence-corrected chi connectivity index (χ0v) is 23.6. The second-order valence-corrected chi connectivity index (χ2v) is 11.9. The maximum atomic E-state index is 14.7. The van der Waals surface area contributed by atoms with E-state index in [4.69, 9.17) is 0 Å². The third-order valence-electron chi connectivity index (χ3n) is 9.10. The van der Waals surface area contributed by atoms with Gasteiger partial charge in [0, 0.05) is 13.1 Å². The van der Waals surface area contributed by atoms with E-state index in [-0.39, 0.29) is 6.03 Å². The van der Waals surface area contributed by atoms with Gasteiger partial charge in [0.05, 0.1) is 12.1 Å². The van der Waals surface area contributed by atoms with Crippen LogP contribution in [0.1, 0.15) is 42.4 Å². The fourth-order valence-corrected chi connectivity index (χ4v) is 6.85. The van der Waals surface area contributed by atoms with Crippen LogP contribution in [0.5, 0.6) is 0 Å². The normalized spacial score (nSPS) is 23.7. The van der Waals surface area contributed by atoms with Gasteiger partial charge >= 0.3 is 6.03 Å². The molecule has 4 aromatic rings. The molecule has 1 saturated carbocycles. The molecule has 5 nitrogen and oxygen atoms in total. The van der Waals surface area contributed by atoms with Crippen molar-refractivity contribution in [1.29, 1.82) is 0 Å². The summed E-state index contributed by atoms with van der Waals surface area (Å²) < 4.78 is 0. The molecule has 41 heavy (non-hydrogen) atoms. The van der Waals surface area contributed by atoms with E-state index in [1.165, 1.54) is 12.8 Å². The molecule has 0 unspecified atom stereocenters. The highest BCUT2D eigenvalue weighted by molar-refractivity contribution is 5.83. The lowest BCUT2D eigenvalue weighted by atomic mass is 9.90. The summed E-state index contributed by atoms with van der Waals surface area (Å²) in [6.07, 6.45) is 3.35. The van der Waals surface area contributed by atoms with Crippen molar-refractivity contribution in [3.63, 3.8) is 0 Å². The minimum atomic E-state index is -1.10. The van der Waals surface area contributed by atoms with Gasteiger partial charge in [-0.1, -0.05) is 110 Å². The van der Waals surface area contributed by atoms with Gasteiger partial charge in [-0.05, 0) is 65.1 Å². The Labute approximate surface area is 243 Å². The summed E-state index contributed by atoms with van der Waals surface area (Å²) in [6.45, 7) is 0.969. The number of fused-ring (bicyclic) bond motifs is 1. The van der Waals surface area contributed by atoms with Crippen molar-refractivity contribution in [2.45, 2.75) is 69.4 Å². The molecule has 5 heteroatoms. The van der Waals surface area contributed by atoms with E-state index in [1.54, 1.807) is 0 Å². The lowest BCUT2D eigenvalue weighted by Crippen LogP contribution is -2.52. The number of urea groups is 1. The minimum absolute atomic E-state index is 0.0949. The third-order valence-corrected chi connectivity index (χ3v) is 9.10. The maximum Gasteiger partial charge on any atom is 0.321 e. The Balaban J connectivity index is 1.40. The molecule has 0 bridgehead atoms. The monoisotopic (exact) mass is 548 g/mol. The van der Waals surface area contributed by atoms with Gasteiger partial charge in [-0.2, -0.15) is 0 Å². The summed E-state index contributed by atoms with van der Waals surface area (Å²) >= 11 is 0. The SMILES string of the molecule is O=C1N(Cc2ccc3ccccc3c2)[C@H](Cc2ccccc2)[C@H](O)[C@@H](O)[C@@H](Cc2ccccc2)N1CC1CCCC1. The number of carbonyl (C=O) groups is 1. The Kier molecular flexibility index (Phi) is 8.36.